The topological polar surface area (TPSA) is 66.8 Å². The Bertz CT molecular complexity index is 976. The van der Waals surface area contributed by atoms with Crippen LogP contribution in [0.25, 0.3) is 6.08 Å². The van der Waals surface area contributed by atoms with Crippen LogP contribution in [0.4, 0.5) is 5.69 Å². The maximum atomic E-state index is 12.9. The van der Waals surface area contributed by atoms with Crippen molar-refractivity contribution < 1.29 is 19.4 Å². The van der Waals surface area contributed by atoms with Crippen molar-refractivity contribution >= 4 is 63.5 Å². The Balaban J connectivity index is 1.93. The first-order valence-electron chi connectivity index (χ1n) is 8.43. The number of para-hydroxylation sites is 2. The summed E-state index contributed by atoms with van der Waals surface area (Å²) in [4.78, 5) is 26.0. The molecule has 1 fully saturated rings. The third kappa shape index (κ3) is 4.22. The van der Waals surface area contributed by atoms with Crippen LogP contribution in [0.2, 0.25) is 5.02 Å². The molecule has 28 heavy (non-hydrogen) atoms. The van der Waals surface area contributed by atoms with Crippen LogP contribution in [0.15, 0.2) is 53.4 Å². The van der Waals surface area contributed by atoms with Crippen molar-refractivity contribution in [3.63, 3.8) is 0 Å². The van der Waals surface area contributed by atoms with Gasteiger partial charge in [0, 0.05) is 5.56 Å². The normalized spacial score (nSPS) is 16.5. The van der Waals surface area contributed by atoms with Crippen molar-refractivity contribution in [2.45, 2.75) is 19.4 Å². The molecule has 1 amide bonds. The van der Waals surface area contributed by atoms with Crippen LogP contribution in [0.3, 0.4) is 0 Å². The van der Waals surface area contributed by atoms with Crippen LogP contribution in [-0.4, -0.2) is 27.4 Å². The number of benzene rings is 2. The van der Waals surface area contributed by atoms with Gasteiger partial charge in [-0.05, 0) is 30.7 Å². The highest BCUT2D eigenvalue weighted by atomic mass is 35.5. The summed E-state index contributed by atoms with van der Waals surface area (Å²) in [5.41, 5.74) is 1.12. The van der Waals surface area contributed by atoms with Gasteiger partial charge in [0.25, 0.3) is 5.91 Å². The zero-order valence-electron chi connectivity index (χ0n) is 14.8. The average molecular weight is 434 g/mol. The van der Waals surface area contributed by atoms with E-state index in [0.717, 1.165) is 11.8 Å². The Kier molecular flexibility index (Phi) is 6.39. The maximum absolute atomic E-state index is 12.9. The third-order valence-corrected chi connectivity index (χ3v) is 5.63. The number of carboxylic acid groups (broad SMARTS) is 1. The van der Waals surface area contributed by atoms with Gasteiger partial charge in [-0.3, -0.25) is 9.69 Å². The van der Waals surface area contributed by atoms with Crippen LogP contribution in [0.5, 0.6) is 5.75 Å². The van der Waals surface area contributed by atoms with Gasteiger partial charge in [0.05, 0.1) is 15.6 Å². The summed E-state index contributed by atoms with van der Waals surface area (Å²) >= 11 is 12.7. The number of aliphatic carboxylic acids is 1. The van der Waals surface area contributed by atoms with E-state index in [1.54, 1.807) is 61.5 Å². The Morgan fingerprint density at radius 2 is 1.96 bits per heavy atom. The van der Waals surface area contributed by atoms with Gasteiger partial charge < -0.3 is 9.84 Å². The van der Waals surface area contributed by atoms with E-state index in [9.17, 15) is 14.7 Å². The van der Waals surface area contributed by atoms with Crippen molar-refractivity contribution in [3.05, 3.63) is 64.0 Å². The average Bonchev–Trinajstić information content (AvgIpc) is 2.94. The fourth-order valence-corrected chi connectivity index (χ4v) is 4.11. The van der Waals surface area contributed by atoms with Crippen LogP contribution in [-0.2, 0) is 9.59 Å². The summed E-state index contributed by atoms with van der Waals surface area (Å²) in [6.07, 6.45) is 1.01. The predicted molar refractivity (Wildman–Crippen MR) is 116 cm³/mol. The minimum atomic E-state index is -1.04. The maximum Gasteiger partial charge on any atom is 0.344 e. The van der Waals surface area contributed by atoms with Crippen molar-refractivity contribution in [1.29, 1.82) is 0 Å². The Morgan fingerprint density at radius 1 is 1.29 bits per heavy atom. The quantitative estimate of drug-likeness (QED) is 0.511. The van der Waals surface area contributed by atoms with E-state index in [1.807, 2.05) is 0 Å². The molecule has 144 valence electrons. The van der Waals surface area contributed by atoms with Gasteiger partial charge in [-0.1, -0.05) is 72.8 Å². The van der Waals surface area contributed by atoms with Crippen LogP contribution < -0.4 is 9.64 Å². The van der Waals surface area contributed by atoms with Gasteiger partial charge in [0.15, 0.2) is 10.4 Å². The van der Waals surface area contributed by atoms with Gasteiger partial charge in [0.1, 0.15) is 5.75 Å². The molecule has 0 radical (unpaired) electrons. The van der Waals surface area contributed by atoms with Crippen LogP contribution in [0, 0.1) is 0 Å². The number of halogens is 1. The lowest BCUT2D eigenvalue weighted by molar-refractivity contribution is -0.145. The number of amides is 1. The van der Waals surface area contributed by atoms with Crippen molar-refractivity contribution in [2.24, 2.45) is 0 Å². The second-order valence-electron chi connectivity index (χ2n) is 5.86. The van der Waals surface area contributed by atoms with E-state index in [1.165, 1.54) is 4.90 Å². The minimum absolute atomic E-state index is 0.289. The number of ether oxygens (including phenoxy) is 1. The fraction of sp³-hybridized carbons (Fsp3) is 0.150. The summed E-state index contributed by atoms with van der Waals surface area (Å²) in [5, 5.41) is 9.67. The van der Waals surface area contributed by atoms with E-state index in [-0.39, 0.29) is 5.91 Å². The number of thioether (sulfide) groups is 1. The molecule has 1 N–H and O–H groups in total. The molecule has 1 aliphatic heterocycles. The summed E-state index contributed by atoms with van der Waals surface area (Å²) in [7, 11) is 0. The molecule has 0 aromatic heterocycles. The highest BCUT2D eigenvalue weighted by Gasteiger charge is 2.34. The number of hydrogen-bond acceptors (Lipinski definition) is 5. The van der Waals surface area contributed by atoms with Gasteiger partial charge >= 0.3 is 5.97 Å². The molecular weight excluding hydrogens is 418 g/mol. The van der Waals surface area contributed by atoms with Crippen LogP contribution in [0.1, 0.15) is 18.9 Å². The fourth-order valence-electron chi connectivity index (χ4n) is 2.62. The van der Waals surface area contributed by atoms with Gasteiger partial charge in [-0.15, -0.1) is 0 Å². The number of rotatable bonds is 6. The second-order valence-corrected chi connectivity index (χ2v) is 7.94. The lowest BCUT2D eigenvalue weighted by Crippen LogP contribution is -2.27. The molecule has 1 unspecified atom stereocenters. The molecule has 1 saturated heterocycles. The number of nitrogens with zero attached hydrogens (tertiary/aromatic N) is 1. The molecule has 1 heterocycles. The number of carbonyl (C=O) groups is 2. The molecule has 0 bridgehead atoms. The molecule has 3 rings (SSSR count). The van der Waals surface area contributed by atoms with E-state index >= 15 is 0 Å². The van der Waals surface area contributed by atoms with Crippen molar-refractivity contribution in [3.8, 4) is 5.75 Å². The molecule has 2 aromatic carbocycles. The molecule has 0 aliphatic carbocycles. The molecule has 0 spiro atoms. The number of carboxylic acids is 1. The monoisotopic (exact) mass is 433 g/mol. The van der Waals surface area contributed by atoms with E-state index in [4.69, 9.17) is 28.6 Å². The smallest absolute Gasteiger partial charge is 0.344 e. The number of thiocarbonyl (C=S) groups is 1. The minimum Gasteiger partial charge on any atom is -0.479 e. The highest BCUT2D eigenvalue weighted by Crippen LogP contribution is 2.39. The predicted octanol–water partition coefficient (Wildman–Crippen LogP) is 4.99. The second kappa shape index (κ2) is 8.77. The summed E-state index contributed by atoms with van der Waals surface area (Å²) < 4.78 is 6.00. The molecule has 0 saturated carbocycles. The Hall–Kier alpha value is -2.35. The number of hydrogen-bond donors (Lipinski definition) is 1. The summed E-state index contributed by atoms with van der Waals surface area (Å²) in [5.74, 6) is -0.940. The first-order valence-corrected chi connectivity index (χ1v) is 10.0. The molecule has 1 aliphatic rings. The molecule has 5 nitrogen and oxygen atoms in total. The van der Waals surface area contributed by atoms with E-state index in [2.05, 4.69) is 0 Å². The van der Waals surface area contributed by atoms with Gasteiger partial charge in [-0.25, -0.2) is 4.79 Å². The molecular formula is C20H16ClNO4S2. The standard InChI is InChI=1S/C20H16ClNO4S2/c1-2-15(19(24)25)26-16-10-6-3-7-12(16)11-17-18(23)22(20(27)28-17)14-9-5-4-8-13(14)21/h3-11,15H,2H2,1H3,(H,24,25)/b17-11+. The van der Waals surface area contributed by atoms with Gasteiger partial charge in [-0.2, -0.15) is 0 Å². The van der Waals surface area contributed by atoms with Gasteiger partial charge in [0.2, 0.25) is 0 Å². The molecule has 2 aromatic rings. The zero-order chi connectivity index (χ0) is 20.3. The van der Waals surface area contributed by atoms with E-state index in [0.29, 0.717) is 37.7 Å². The SMILES string of the molecule is CCC(Oc1ccccc1/C=C1/SC(=S)N(c2ccccc2Cl)C1=O)C(=O)O. The van der Waals surface area contributed by atoms with Crippen molar-refractivity contribution in [1.82, 2.24) is 0 Å². The lowest BCUT2D eigenvalue weighted by atomic mass is 10.1. The van der Waals surface area contributed by atoms with Crippen LogP contribution >= 0.6 is 35.6 Å². The largest absolute Gasteiger partial charge is 0.479 e. The first kappa shape index (κ1) is 20.4. The summed E-state index contributed by atoms with van der Waals surface area (Å²) in [6, 6.07) is 13.9. The first-order chi connectivity index (χ1) is 13.4. The highest BCUT2D eigenvalue weighted by molar-refractivity contribution is 8.27. The number of anilines is 1. The molecule has 1 atom stereocenters. The van der Waals surface area contributed by atoms with E-state index < -0.39 is 12.1 Å². The third-order valence-electron chi connectivity index (χ3n) is 4.01. The Morgan fingerprint density at radius 3 is 2.64 bits per heavy atom. The number of carbonyl (C=O) groups excluding carboxylic acids is 1. The lowest BCUT2D eigenvalue weighted by Gasteiger charge is -2.16. The van der Waals surface area contributed by atoms with Crippen molar-refractivity contribution in [2.75, 3.05) is 4.90 Å². The summed E-state index contributed by atoms with van der Waals surface area (Å²) in [6.45, 7) is 1.73. The Labute approximate surface area is 176 Å². The zero-order valence-corrected chi connectivity index (χ0v) is 17.2. The molecule has 8 heteroatoms.